The van der Waals surface area contributed by atoms with E-state index in [4.69, 9.17) is 0 Å². The number of rotatable bonds is 10. The van der Waals surface area contributed by atoms with Crippen LogP contribution in [0.25, 0.3) is 0 Å². The van der Waals surface area contributed by atoms with Gasteiger partial charge in [0, 0.05) is 0 Å². The molecule has 0 N–H and O–H groups in total. The molecular weight excluding hydrogens is 232 g/mol. The van der Waals surface area contributed by atoms with Crippen molar-refractivity contribution in [3.8, 4) is 0 Å². The number of carbonyl (C=O) groups is 2. The standard InChI is InChI=1S/2C7H12O2/c2*1-2-3-4-5-6-9-7-8/h2*3-4,7H,2,5-6H2,1H3/b4-3-;. The van der Waals surface area contributed by atoms with E-state index >= 15 is 0 Å². The van der Waals surface area contributed by atoms with E-state index in [-0.39, 0.29) is 0 Å². The van der Waals surface area contributed by atoms with Gasteiger partial charge in [0.2, 0.25) is 0 Å². The van der Waals surface area contributed by atoms with Crippen molar-refractivity contribution in [3.63, 3.8) is 0 Å². The minimum absolute atomic E-state index is 0.472. The van der Waals surface area contributed by atoms with Crippen molar-refractivity contribution in [3.05, 3.63) is 24.3 Å². The van der Waals surface area contributed by atoms with Crippen molar-refractivity contribution in [1.82, 2.24) is 0 Å². The first kappa shape index (κ1) is 18.8. The van der Waals surface area contributed by atoms with Gasteiger partial charge in [-0.25, -0.2) is 0 Å². The number of allylic oxidation sites excluding steroid dienone is 2. The third-order valence-corrected chi connectivity index (χ3v) is 1.75. The van der Waals surface area contributed by atoms with Crippen LogP contribution in [0.3, 0.4) is 0 Å². The third-order valence-electron chi connectivity index (χ3n) is 1.75. The Morgan fingerprint density at radius 1 is 0.722 bits per heavy atom. The van der Waals surface area contributed by atoms with Gasteiger partial charge in [-0.15, -0.1) is 0 Å². The molecule has 0 aliphatic rings. The SMILES string of the molecule is CC/C=C\CCOC=O.CCC=CCCOC=O. The molecule has 0 bridgehead atoms. The van der Waals surface area contributed by atoms with Gasteiger partial charge in [-0.2, -0.15) is 0 Å². The van der Waals surface area contributed by atoms with E-state index in [0.717, 1.165) is 25.7 Å². The van der Waals surface area contributed by atoms with E-state index in [2.05, 4.69) is 23.3 Å². The molecule has 0 fully saturated rings. The molecule has 0 aliphatic heterocycles. The van der Waals surface area contributed by atoms with Gasteiger partial charge in [0.15, 0.2) is 0 Å². The first-order valence-electron chi connectivity index (χ1n) is 6.23. The van der Waals surface area contributed by atoms with Gasteiger partial charge >= 0.3 is 0 Å². The number of ether oxygens (including phenoxy) is 2. The Morgan fingerprint density at radius 2 is 1.11 bits per heavy atom. The highest BCUT2D eigenvalue weighted by Crippen LogP contribution is 1.86. The van der Waals surface area contributed by atoms with Gasteiger partial charge in [-0.1, -0.05) is 38.2 Å². The van der Waals surface area contributed by atoms with Crippen LogP contribution in [0.2, 0.25) is 0 Å². The molecule has 0 unspecified atom stereocenters. The summed E-state index contributed by atoms with van der Waals surface area (Å²) in [6, 6.07) is 0. The highest BCUT2D eigenvalue weighted by molar-refractivity contribution is 5.37. The van der Waals surface area contributed by atoms with Crippen LogP contribution in [-0.4, -0.2) is 26.2 Å². The Morgan fingerprint density at radius 3 is 1.39 bits per heavy atom. The van der Waals surface area contributed by atoms with Gasteiger partial charge in [0.25, 0.3) is 12.9 Å². The first-order valence-corrected chi connectivity index (χ1v) is 6.23. The zero-order chi connectivity index (χ0) is 13.9. The van der Waals surface area contributed by atoms with Gasteiger partial charge in [0.05, 0.1) is 13.2 Å². The normalized spacial score (nSPS) is 9.89. The van der Waals surface area contributed by atoms with Gasteiger partial charge in [0.1, 0.15) is 0 Å². The Labute approximate surface area is 110 Å². The average Bonchev–Trinajstić information content (AvgIpc) is 2.39. The Kier molecular flexibility index (Phi) is 21.7. The Balaban J connectivity index is 0. The molecule has 0 aromatic heterocycles. The first-order chi connectivity index (χ1) is 8.83. The lowest BCUT2D eigenvalue weighted by Gasteiger charge is -1.89. The molecule has 0 heterocycles. The van der Waals surface area contributed by atoms with E-state index in [1.165, 1.54) is 0 Å². The summed E-state index contributed by atoms with van der Waals surface area (Å²) < 4.78 is 8.90. The van der Waals surface area contributed by atoms with Crippen LogP contribution in [-0.2, 0) is 19.1 Å². The molecule has 0 rings (SSSR count). The lowest BCUT2D eigenvalue weighted by Crippen LogP contribution is -1.87. The highest BCUT2D eigenvalue weighted by atomic mass is 16.5. The van der Waals surface area contributed by atoms with Crippen LogP contribution >= 0.6 is 0 Å². The second kappa shape index (κ2) is 20.8. The van der Waals surface area contributed by atoms with Crippen molar-refractivity contribution < 1.29 is 19.1 Å². The quantitative estimate of drug-likeness (QED) is 0.342. The van der Waals surface area contributed by atoms with E-state index in [9.17, 15) is 9.59 Å². The van der Waals surface area contributed by atoms with Gasteiger partial charge in [-0.3, -0.25) is 9.59 Å². The maximum absolute atomic E-state index is 9.59. The molecule has 0 amide bonds. The topological polar surface area (TPSA) is 52.6 Å². The van der Waals surface area contributed by atoms with E-state index in [1.54, 1.807) is 0 Å². The van der Waals surface area contributed by atoms with Crippen LogP contribution in [0.1, 0.15) is 39.5 Å². The van der Waals surface area contributed by atoms with Crippen LogP contribution in [0, 0.1) is 0 Å². The molecule has 0 aromatic rings. The van der Waals surface area contributed by atoms with Crippen molar-refractivity contribution in [1.29, 1.82) is 0 Å². The van der Waals surface area contributed by atoms with E-state index < -0.39 is 0 Å². The summed E-state index contributed by atoms with van der Waals surface area (Å²) in [4.78, 5) is 19.2. The molecule has 0 atom stereocenters. The number of hydrogen-bond acceptors (Lipinski definition) is 4. The van der Waals surface area contributed by atoms with Gasteiger partial charge in [-0.05, 0) is 25.7 Å². The second-order valence-electron chi connectivity index (χ2n) is 3.27. The summed E-state index contributed by atoms with van der Waals surface area (Å²) >= 11 is 0. The molecule has 0 saturated carbocycles. The Hall–Kier alpha value is -1.58. The minimum Gasteiger partial charge on any atom is -0.468 e. The summed E-state index contributed by atoms with van der Waals surface area (Å²) in [5, 5.41) is 0. The Bertz CT molecular complexity index is 198. The molecule has 104 valence electrons. The molecule has 4 nitrogen and oxygen atoms in total. The van der Waals surface area contributed by atoms with Crippen LogP contribution < -0.4 is 0 Å². The highest BCUT2D eigenvalue weighted by Gasteiger charge is 1.78. The van der Waals surface area contributed by atoms with E-state index in [0.29, 0.717) is 26.2 Å². The third kappa shape index (κ3) is 23.9. The zero-order valence-corrected chi connectivity index (χ0v) is 11.3. The van der Waals surface area contributed by atoms with Crippen molar-refractivity contribution in [2.75, 3.05) is 13.2 Å². The molecule has 0 saturated heterocycles. The molecule has 18 heavy (non-hydrogen) atoms. The maximum atomic E-state index is 9.59. The fraction of sp³-hybridized carbons (Fsp3) is 0.571. The molecule has 0 aliphatic carbocycles. The minimum atomic E-state index is 0.472. The van der Waals surface area contributed by atoms with Crippen molar-refractivity contribution >= 4 is 12.9 Å². The lowest BCUT2D eigenvalue weighted by molar-refractivity contribution is -0.129. The van der Waals surface area contributed by atoms with Gasteiger partial charge < -0.3 is 9.47 Å². The summed E-state index contributed by atoms with van der Waals surface area (Å²) in [6.45, 7) is 6.08. The second-order valence-corrected chi connectivity index (χ2v) is 3.27. The number of carbonyl (C=O) groups excluding carboxylic acids is 2. The molecule has 0 spiro atoms. The molecule has 0 aromatic carbocycles. The molecule has 0 radical (unpaired) electrons. The smallest absolute Gasteiger partial charge is 0.293 e. The molecule has 4 heteroatoms. The fourth-order valence-electron chi connectivity index (χ4n) is 0.937. The fourth-order valence-corrected chi connectivity index (χ4v) is 0.937. The summed E-state index contributed by atoms with van der Waals surface area (Å²) in [7, 11) is 0. The summed E-state index contributed by atoms with van der Waals surface area (Å²) in [5.41, 5.74) is 0. The van der Waals surface area contributed by atoms with Crippen LogP contribution in [0.5, 0.6) is 0 Å². The van der Waals surface area contributed by atoms with Crippen molar-refractivity contribution in [2.24, 2.45) is 0 Å². The monoisotopic (exact) mass is 256 g/mol. The number of hydrogen-bond donors (Lipinski definition) is 0. The lowest BCUT2D eigenvalue weighted by atomic mass is 10.3. The largest absolute Gasteiger partial charge is 0.468 e. The van der Waals surface area contributed by atoms with Crippen LogP contribution in [0.15, 0.2) is 24.3 Å². The average molecular weight is 256 g/mol. The van der Waals surface area contributed by atoms with E-state index in [1.807, 2.05) is 24.3 Å². The summed E-state index contributed by atoms with van der Waals surface area (Å²) in [5.74, 6) is 0. The predicted molar refractivity (Wildman–Crippen MR) is 72.1 cm³/mol. The van der Waals surface area contributed by atoms with Crippen LogP contribution in [0.4, 0.5) is 0 Å². The molecular formula is C14H24O4. The predicted octanol–water partition coefficient (Wildman–Crippen LogP) is 3.03. The summed E-state index contributed by atoms with van der Waals surface area (Å²) in [6.07, 6.45) is 11.8. The maximum Gasteiger partial charge on any atom is 0.293 e. The van der Waals surface area contributed by atoms with Crippen molar-refractivity contribution in [2.45, 2.75) is 39.5 Å². The zero-order valence-electron chi connectivity index (χ0n) is 11.3.